The molecule has 0 aliphatic rings. The third-order valence-corrected chi connectivity index (χ3v) is 6.23. The van der Waals surface area contributed by atoms with E-state index in [0.717, 1.165) is 27.4 Å². The fourth-order valence-electron chi connectivity index (χ4n) is 3.46. The molecule has 0 bridgehead atoms. The van der Waals surface area contributed by atoms with Gasteiger partial charge in [-0.25, -0.2) is 14.4 Å². The fourth-order valence-corrected chi connectivity index (χ4v) is 4.41. The maximum absolute atomic E-state index is 13.4. The van der Waals surface area contributed by atoms with Gasteiger partial charge in [-0.3, -0.25) is 9.59 Å². The number of halogens is 1. The maximum Gasteiger partial charge on any atom is 0.224 e. The second kappa shape index (κ2) is 11.0. The number of carbonyl (C=O) groups is 2. The van der Waals surface area contributed by atoms with Crippen molar-refractivity contribution >= 4 is 39.1 Å². The van der Waals surface area contributed by atoms with E-state index in [9.17, 15) is 14.0 Å². The molecule has 0 spiro atoms. The van der Waals surface area contributed by atoms with Crippen LogP contribution in [-0.4, -0.2) is 28.3 Å². The minimum absolute atomic E-state index is 0.0478. The predicted molar refractivity (Wildman–Crippen MR) is 130 cm³/mol. The number of thiazole rings is 1. The van der Waals surface area contributed by atoms with Gasteiger partial charge in [-0.15, -0.1) is 11.3 Å². The highest BCUT2D eigenvalue weighted by Gasteiger charge is 2.09. The van der Waals surface area contributed by atoms with E-state index in [1.807, 2.05) is 24.3 Å². The highest BCUT2D eigenvalue weighted by molar-refractivity contribution is 7.21. The number of nitrogens with zero attached hydrogens (tertiary/aromatic N) is 2. The van der Waals surface area contributed by atoms with Crippen molar-refractivity contribution in [1.29, 1.82) is 0 Å². The molecule has 176 valence electrons. The van der Waals surface area contributed by atoms with Gasteiger partial charge in [0, 0.05) is 43.6 Å². The predicted octanol–water partition coefficient (Wildman–Crippen LogP) is 5.12. The summed E-state index contributed by atoms with van der Waals surface area (Å²) < 4.78 is 19.8. The molecule has 34 heavy (non-hydrogen) atoms. The Hall–Kier alpha value is -3.59. The average molecular weight is 481 g/mol. The first kappa shape index (κ1) is 23.6. The lowest BCUT2D eigenvalue weighted by Gasteiger charge is -2.05. The second-order valence-corrected chi connectivity index (χ2v) is 8.96. The number of aryl methyl sites for hydroxylation is 2. The van der Waals surface area contributed by atoms with Gasteiger partial charge >= 0.3 is 0 Å². The van der Waals surface area contributed by atoms with Crippen molar-refractivity contribution in [2.45, 2.75) is 39.0 Å². The smallest absolute Gasteiger partial charge is 0.224 e. The zero-order valence-electron chi connectivity index (χ0n) is 18.8. The third-order valence-electron chi connectivity index (χ3n) is 5.14. The van der Waals surface area contributed by atoms with E-state index >= 15 is 0 Å². The number of amides is 2. The first-order chi connectivity index (χ1) is 16.5. The maximum atomic E-state index is 13.4. The summed E-state index contributed by atoms with van der Waals surface area (Å²) in [5.74, 6) is 0.226. The van der Waals surface area contributed by atoms with Gasteiger partial charge in [0.25, 0.3) is 0 Å². The first-order valence-corrected chi connectivity index (χ1v) is 11.9. The number of hydrogen-bond acceptors (Lipinski definition) is 6. The summed E-state index contributed by atoms with van der Waals surface area (Å²) in [5.41, 5.74) is 3.09. The van der Waals surface area contributed by atoms with Gasteiger partial charge < -0.3 is 15.1 Å². The van der Waals surface area contributed by atoms with Crippen LogP contribution in [0.3, 0.4) is 0 Å². The molecule has 2 amide bonds. The van der Waals surface area contributed by atoms with E-state index in [1.54, 1.807) is 12.3 Å². The van der Waals surface area contributed by atoms with Crippen molar-refractivity contribution in [3.63, 3.8) is 0 Å². The number of aromatic nitrogens is 2. The summed E-state index contributed by atoms with van der Waals surface area (Å²) in [7, 11) is 0. The van der Waals surface area contributed by atoms with E-state index in [1.165, 1.54) is 30.4 Å². The molecule has 0 radical (unpaired) electrons. The summed E-state index contributed by atoms with van der Waals surface area (Å²) in [6.45, 7) is 2.08. The molecule has 2 heterocycles. The Morgan fingerprint density at radius 2 is 1.88 bits per heavy atom. The van der Waals surface area contributed by atoms with Gasteiger partial charge in [0.1, 0.15) is 17.1 Å². The van der Waals surface area contributed by atoms with Gasteiger partial charge in [-0.2, -0.15) is 0 Å². The number of fused-ring (bicyclic) bond motifs is 1. The highest BCUT2D eigenvalue weighted by atomic mass is 32.1. The van der Waals surface area contributed by atoms with Gasteiger partial charge in [0.05, 0.1) is 15.9 Å². The average Bonchev–Trinajstić information content (AvgIpc) is 3.43. The number of benzene rings is 2. The lowest BCUT2D eigenvalue weighted by Crippen LogP contribution is -2.21. The molecule has 4 aromatic rings. The van der Waals surface area contributed by atoms with Gasteiger partial charge in [-0.05, 0) is 55.7 Å². The van der Waals surface area contributed by atoms with Crippen molar-refractivity contribution in [3.8, 4) is 10.6 Å². The summed E-state index contributed by atoms with van der Waals surface area (Å²) in [5, 5.41) is 6.45. The Morgan fingerprint density at radius 1 is 1.06 bits per heavy atom. The SMILES string of the molecule is CC(=O)NCCCc1nc(CCCC(=O)Nc2ccc(-c3nc4cc(F)ccc4s3)cc2)co1. The summed E-state index contributed by atoms with van der Waals surface area (Å²) in [4.78, 5) is 32.1. The van der Waals surface area contributed by atoms with Crippen LogP contribution in [0.2, 0.25) is 0 Å². The standard InChI is InChI=1S/C25H25FN4O3S/c1-16(31)27-13-3-6-24-29-20(15-33-24)4-2-5-23(32)28-19-10-7-17(8-11-19)25-30-21-14-18(26)9-12-22(21)34-25/h7-12,14-15H,2-6,13H2,1H3,(H,27,31)(H,28,32). The normalized spacial score (nSPS) is 11.0. The Bertz CT molecular complexity index is 1280. The van der Waals surface area contributed by atoms with Crippen LogP contribution in [0.5, 0.6) is 0 Å². The number of anilines is 1. The van der Waals surface area contributed by atoms with Crippen molar-refractivity contribution in [2.24, 2.45) is 0 Å². The van der Waals surface area contributed by atoms with Crippen LogP contribution in [0.25, 0.3) is 20.8 Å². The molecule has 0 saturated heterocycles. The van der Waals surface area contributed by atoms with Crippen LogP contribution in [-0.2, 0) is 22.4 Å². The Morgan fingerprint density at radius 3 is 2.68 bits per heavy atom. The summed E-state index contributed by atoms with van der Waals surface area (Å²) >= 11 is 1.50. The topological polar surface area (TPSA) is 97.1 Å². The minimum atomic E-state index is -0.301. The molecule has 0 saturated carbocycles. The minimum Gasteiger partial charge on any atom is -0.449 e. The summed E-state index contributed by atoms with van der Waals surface area (Å²) in [6.07, 6.45) is 4.73. The molecule has 2 N–H and O–H groups in total. The van der Waals surface area contributed by atoms with E-state index in [4.69, 9.17) is 4.42 Å². The number of rotatable bonds is 10. The van der Waals surface area contributed by atoms with Crippen molar-refractivity contribution in [3.05, 3.63) is 66.1 Å². The molecule has 0 aliphatic heterocycles. The van der Waals surface area contributed by atoms with Gasteiger partial charge in [0.15, 0.2) is 5.89 Å². The van der Waals surface area contributed by atoms with Crippen molar-refractivity contribution < 1.29 is 18.4 Å². The van der Waals surface area contributed by atoms with Crippen LogP contribution in [0, 0.1) is 5.82 Å². The highest BCUT2D eigenvalue weighted by Crippen LogP contribution is 2.31. The van der Waals surface area contributed by atoms with Crippen LogP contribution in [0.1, 0.15) is 37.8 Å². The second-order valence-electron chi connectivity index (χ2n) is 7.93. The van der Waals surface area contributed by atoms with Crippen LogP contribution < -0.4 is 10.6 Å². The lowest BCUT2D eigenvalue weighted by atomic mass is 10.2. The summed E-state index contributed by atoms with van der Waals surface area (Å²) in [6, 6.07) is 12.1. The molecule has 2 aromatic carbocycles. The number of hydrogen-bond donors (Lipinski definition) is 2. The molecular formula is C25H25FN4O3S. The lowest BCUT2D eigenvalue weighted by molar-refractivity contribution is -0.119. The fraction of sp³-hybridized carbons (Fsp3) is 0.280. The van der Waals surface area contributed by atoms with Gasteiger partial charge in [0.2, 0.25) is 11.8 Å². The Labute approximate surface area is 200 Å². The first-order valence-electron chi connectivity index (χ1n) is 11.1. The van der Waals surface area contributed by atoms with Crippen LogP contribution in [0.4, 0.5) is 10.1 Å². The molecule has 0 fully saturated rings. The zero-order valence-corrected chi connectivity index (χ0v) is 19.6. The Balaban J connectivity index is 1.22. The molecule has 0 aliphatic carbocycles. The molecule has 7 nitrogen and oxygen atoms in total. The molecule has 2 aromatic heterocycles. The largest absolute Gasteiger partial charge is 0.449 e. The molecule has 4 rings (SSSR count). The monoisotopic (exact) mass is 480 g/mol. The van der Waals surface area contributed by atoms with Gasteiger partial charge in [-0.1, -0.05) is 0 Å². The molecule has 0 atom stereocenters. The van der Waals surface area contributed by atoms with E-state index in [0.29, 0.717) is 49.3 Å². The van der Waals surface area contributed by atoms with Crippen LogP contribution >= 0.6 is 11.3 Å². The Kier molecular flexibility index (Phi) is 7.64. The molecule has 0 unspecified atom stereocenters. The quantitative estimate of drug-likeness (QED) is 0.307. The van der Waals surface area contributed by atoms with E-state index in [2.05, 4.69) is 20.6 Å². The van der Waals surface area contributed by atoms with Crippen LogP contribution in [0.15, 0.2) is 53.1 Å². The van der Waals surface area contributed by atoms with E-state index in [-0.39, 0.29) is 17.6 Å². The number of oxazole rings is 1. The number of carbonyl (C=O) groups excluding carboxylic acids is 2. The molecular weight excluding hydrogens is 455 g/mol. The zero-order chi connectivity index (χ0) is 23.9. The van der Waals surface area contributed by atoms with Crippen molar-refractivity contribution in [2.75, 3.05) is 11.9 Å². The molecule has 9 heteroatoms. The number of nitrogens with one attached hydrogen (secondary N) is 2. The van der Waals surface area contributed by atoms with Crippen molar-refractivity contribution in [1.82, 2.24) is 15.3 Å². The third kappa shape index (κ3) is 6.48. The van der Waals surface area contributed by atoms with E-state index < -0.39 is 0 Å².